The van der Waals surface area contributed by atoms with Crippen molar-refractivity contribution in [3.05, 3.63) is 58.3 Å². The molecular formula is C17H15BrN2O3. The Morgan fingerprint density at radius 2 is 2.17 bits per heavy atom. The van der Waals surface area contributed by atoms with Crippen molar-refractivity contribution in [2.75, 3.05) is 11.4 Å². The molecule has 6 heteroatoms. The number of amides is 1. The van der Waals surface area contributed by atoms with Crippen molar-refractivity contribution in [1.82, 2.24) is 4.98 Å². The monoisotopic (exact) mass is 374 g/mol. The second-order valence-electron chi connectivity index (χ2n) is 5.41. The van der Waals surface area contributed by atoms with E-state index < -0.39 is 11.5 Å². The molecule has 0 fully saturated rings. The van der Waals surface area contributed by atoms with Gasteiger partial charge in [0.05, 0.1) is 12.1 Å². The summed E-state index contributed by atoms with van der Waals surface area (Å²) in [5.74, 6) is -0.789. The van der Waals surface area contributed by atoms with E-state index in [0.717, 1.165) is 4.47 Å². The number of carbonyl (C=O) groups is 2. The average Bonchev–Trinajstić information content (AvgIpc) is 2.76. The van der Waals surface area contributed by atoms with Gasteiger partial charge in [0.15, 0.2) is 11.4 Å². The summed E-state index contributed by atoms with van der Waals surface area (Å²) in [5, 5.41) is 11.0. The number of pyridine rings is 1. The summed E-state index contributed by atoms with van der Waals surface area (Å²) in [4.78, 5) is 30.5. The molecule has 3 rings (SSSR count). The van der Waals surface area contributed by atoms with Gasteiger partial charge < -0.3 is 10.0 Å². The van der Waals surface area contributed by atoms with Crippen molar-refractivity contribution >= 4 is 33.3 Å². The minimum atomic E-state index is -1.85. The van der Waals surface area contributed by atoms with Gasteiger partial charge in [-0.1, -0.05) is 15.9 Å². The first-order valence-corrected chi connectivity index (χ1v) is 8.04. The maximum atomic E-state index is 12.7. The molecule has 1 aliphatic heterocycles. The maximum absolute atomic E-state index is 12.7. The quantitative estimate of drug-likeness (QED) is 0.835. The highest BCUT2D eigenvalue weighted by molar-refractivity contribution is 9.10. The van der Waals surface area contributed by atoms with Gasteiger partial charge in [-0.25, -0.2) is 0 Å². The van der Waals surface area contributed by atoms with E-state index in [-0.39, 0.29) is 12.2 Å². The third kappa shape index (κ3) is 2.58. The van der Waals surface area contributed by atoms with Crippen LogP contribution in [0.4, 0.5) is 5.69 Å². The van der Waals surface area contributed by atoms with Gasteiger partial charge in [-0.2, -0.15) is 0 Å². The predicted molar refractivity (Wildman–Crippen MR) is 89.3 cm³/mol. The van der Waals surface area contributed by atoms with E-state index in [4.69, 9.17) is 0 Å². The molecule has 2 heterocycles. The molecule has 1 N–H and O–H groups in total. The summed E-state index contributed by atoms with van der Waals surface area (Å²) < 4.78 is 0.745. The van der Waals surface area contributed by atoms with E-state index in [1.807, 2.05) is 13.0 Å². The van der Waals surface area contributed by atoms with Crippen molar-refractivity contribution in [2.45, 2.75) is 18.9 Å². The van der Waals surface area contributed by atoms with Crippen LogP contribution in [0, 0.1) is 0 Å². The first kappa shape index (κ1) is 15.8. The molecule has 0 spiro atoms. The number of anilines is 1. The van der Waals surface area contributed by atoms with Crippen molar-refractivity contribution in [3.63, 3.8) is 0 Å². The second kappa shape index (κ2) is 5.86. The van der Waals surface area contributed by atoms with Gasteiger partial charge in [-0.3, -0.25) is 14.6 Å². The first-order chi connectivity index (χ1) is 11.0. The molecule has 0 aliphatic carbocycles. The Morgan fingerprint density at radius 1 is 1.39 bits per heavy atom. The number of halogens is 1. The fourth-order valence-corrected chi connectivity index (χ4v) is 3.23. The van der Waals surface area contributed by atoms with Gasteiger partial charge >= 0.3 is 0 Å². The number of ketones is 1. The number of benzene rings is 1. The average molecular weight is 375 g/mol. The van der Waals surface area contributed by atoms with Gasteiger partial charge in [0.1, 0.15) is 0 Å². The Bertz CT molecular complexity index is 779. The smallest absolute Gasteiger partial charge is 0.264 e. The Morgan fingerprint density at radius 3 is 2.83 bits per heavy atom. The number of hydrogen-bond donors (Lipinski definition) is 1. The van der Waals surface area contributed by atoms with Crippen LogP contribution >= 0.6 is 15.9 Å². The zero-order valence-electron chi connectivity index (χ0n) is 12.5. The summed E-state index contributed by atoms with van der Waals surface area (Å²) in [6, 6.07) is 8.55. The van der Waals surface area contributed by atoms with Crippen molar-refractivity contribution < 1.29 is 14.7 Å². The Kier molecular flexibility index (Phi) is 4.04. The molecule has 23 heavy (non-hydrogen) atoms. The summed E-state index contributed by atoms with van der Waals surface area (Å²) >= 11 is 3.35. The SMILES string of the molecule is CCN1C(=O)[C@](O)(CC(=O)c2cccnc2)c2cc(Br)ccc21. The summed E-state index contributed by atoms with van der Waals surface area (Å²) in [6.07, 6.45) is 2.69. The first-order valence-electron chi connectivity index (χ1n) is 7.25. The summed E-state index contributed by atoms with van der Waals surface area (Å²) in [6.45, 7) is 2.26. The molecule has 1 atom stereocenters. The van der Waals surface area contributed by atoms with Crippen LogP contribution in [-0.4, -0.2) is 28.3 Å². The van der Waals surface area contributed by atoms with E-state index in [1.165, 1.54) is 11.1 Å². The molecule has 1 aromatic carbocycles. The van der Waals surface area contributed by atoms with Gasteiger partial charge in [0, 0.05) is 34.5 Å². The zero-order chi connectivity index (χ0) is 16.6. The number of nitrogens with zero attached hydrogens (tertiary/aromatic N) is 2. The minimum absolute atomic E-state index is 0.308. The molecule has 0 saturated carbocycles. The lowest BCUT2D eigenvalue weighted by Crippen LogP contribution is -2.41. The van der Waals surface area contributed by atoms with Crippen LogP contribution in [0.25, 0.3) is 0 Å². The van der Waals surface area contributed by atoms with Gasteiger partial charge in [0.2, 0.25) is 0 Å². The Balaban J connectivity index is 2.02. The van der Waals surface area contributed by atoms with Crippen LogP contribution in [0.2, 0.25) is 0 Å². The third-order valence-electron chi connectivity index (χ3n) is 4.01. The maximum Gasteiger partial charge on any atom is 0.264 e. The molecule has 0 saturated heterocycles. The molecule has 0 unspecified atom stereocenters. The van der Waals surface area contributed by atoms with Gasteiger partial charge in [0.25, 0.3) is 5.91 Å². The number of aliphatic hydroxyl groups is 1. The Hall–Kier alpha value is -2.05. The lowest BCUT2D eigenvalue weighted by atomic mass is 9.88. The molecule has 1 aromatic heterocycles. The van der Waals surface area contributed by atoms with Crippen LogP contribution in [-0.2, 0) is 10.4 Å². The van der Waals surface area contributed by atoms with Gasteiger partial charge in [-0.15, -0.1) is 0 Å². The number of likely N-dealkylation sites (N-methyl/N-ethyl adjacent to an activating group) is 1. The lowest BCUT2D eigenvalue weighted by Gasteiger charge is -2.22. The highest BCUT2D eigenvalue weighted by atomic mass is 79.9. The highest BCUT2D eigenvalue weighted by Gasteiger charge is 2.50. The molecule has 0 bridgehead atoms. The number of fused-ring (bicyclic) bond motifs is 1. The minimum Gasteiger partial charge on any atom is -0.375 e. The van der Waals surface area contributed by atoms with E-state index in [2.05, 4.69) is 20.9 Å². The van der Waals surface area contributed by atoms with Crippen LogP contribution in [0.3, 0.4) is 0 Å². The third-order valence-corrected chi connectivity index (χ3v) is 4.50. The number of hydrogen-bond acceptors (Lipinski definition) is 4. The summed E-state index contributed by atoms with van der Waals surface area (Å²) in [5.41, 5.74) is -0.374. The van der Waals surface area contributed by atoms with Crippen LogP contribution in [0.5, 0.6) is 0 Å². The lowest BCUT2D eigenvalue weighted by molar-refractivity contribution is -0.135. The van der Waals surface area contributed by atoms with Crippen LogP contribution in [0.15, 0.2) is 47.2 Å². The van der Waals surface area contributed by atoms with E-state index >= 15 is 0 Å². The van der Waals surface area contributed by atoms with Crippen molar-refractivity contribution in [2.24, 2.45) is 0 Å². The molecule has 5 nitrogen and oxygen atoms in total. The second-order valence-corrected chi connectivity index (χ2v) is 6.33. The fraction of sp³-hybridized carbons (Fsp3) is 0.235. The number of Topliss-reactive ketones (excluding diaryl/α,β-unsaturated/α-hetero) is 1. The van der Waals surface area contributed by atoms with E-state index in [9.17, 15) is 14.7 Å². The molecule has 1 amide bonds. The largest absolute Gasteiger partial charge is 0.375 e. The van der Waals surface area contributed by atoms with Gasteiger partial charge in [-0.05, 0) is 37.3 Å². The number of aromatic nitrogens is 1. The summed E-state index contributed by atoms with van der Waals surface area (Å²) in [7, 11) is 0. The zero-order valence-corrected chi connectivity index (χ0v) is 14.1. The van der Waals surface area contributed by atoms with Crippen LogP contribution < -0.4 is 4.90 Å². The van der Waals surface area contributed by atoms with Crippen molar-refractivity contribution in [1.29, 1.82) is 0 Å². The normalized spacial score (nSPS) is 19.8. The molecular weight excluding hydrogens is 360 g/mol. The van der Waals surface area contributed by atoms with Crippen LogP contribution in [0.1, 0.15) is 29.3 Å². The predicted octanol–water partition coefficient (Wildman–Crippen LogP) is 2.67. The topological polar surface area (TPSA) is 70.5 Å². The fourth-order valence-electron chi connectivity index (χ4n) is 2.87. The molecule has 118 valence electrons. The standard InChI is InChI=1S/C17H15BrN2O3/c1-2-20-14-6-5-12(18)8-13(14)17(23,16(20)22)9-15(21)11-4-3-7-19-10-11/h3-8,10,23H,2,9H2,1H3/t17-/m0/s1. The van der Waals surface area contributed by atoms with Crippen molar-refractivity contribution in [3.8, 4) is 0 Å². The van der Waals surface area contributed by atoms with E-state index in [0.29, 0.717) is 23.4 Å². The number of rotatable bonds is 4. The highest BCUT2D eigenvalue weighted by Crippen LogP contribution is 2.43. The van der Waals surface area contributed by atoms with E-state index in [1.54, 1.807) is 30.5 Å². The molecule has 2 aromatic rings. The number of carbonyl (C=O) groups excluding carboxylic acids is 2. The molecule has 1 aliphatic rings. The molecule has 0 radical (unpaired) electrons. The Labute approximate surface area is 142 Å².